The molecule has 6 nitrogen and oxygen atoms in total. The van der Waals surface area contributed by atoms with Crippen LogP contribution >= 0.6 is 23.4 Å². The van der Waals surface area contributed by atoms with E-state index in [1.54, 1.807) is 31.5 Å². The van der Waals surface area contributed by atoms with Gasteiger partial charge >= 0.3 is 0 Å². The summed E-state index contributed by atoms with van der Waals surface area (Å²) in [5, 5.41) is 3.75. The third kappa shape index (κ3) is 4.05. The first kappa shape index (κ1) is 17.6. The minimum Gasteiger partial charge on any atom is -0.495 e. The zero-order valence-electron chi connectivity index (χ0n) is 13.7. The number of pyridine rings is 1. The summed E-state index contributed by atoms with van der Waals surface area (Å²) in [6.45, 7) is 1.95. The monoisotopic (exact) mass is 376 g/mol. The molecule has 0 aliphatic heterocycles. The summed E-state index contributed by atoms with van der Waals surface area (Å²) in [5.74, 6) is 0.423. The molecule has 0 saturated heterocycles. The Morgan fingerprint density at radius 2 is 2.28 bits per heavy atom. The van der Waals surface area contributed by atoms with E-state index in [2.05, 4.69) is 20.3 Å². The summed E-state index contributed by atoms with van der Waals surface area (Å²) < 4.78 is 5.27. The van der Waals surface area contributed by atoms with Crippen LogP contribution in [0.15, 0.2) is 41.7 Å². The Bertz CT molecular complexity index is 866. The molecule has 25 heavy (non-hydrogen) atoms. The van der Waals surface area contributed by atoms with Gasteiger partial charge in [0.25, 0.3) is 0 Å². The molecule has 2 heterocycles. The highest BCUT2D eigenvalue weighted by Crippen LogP contribution is 2.30. The Labute approximate surface area is 154 Å². The van der Waals surface area contributed by atoms with Crippen molar-refractivity contribution in [2.75, 3.05) is 12.4 Å². The number of methoxy groups -OCH3 is 1. The number of nitrogens with zero attached hydrogens (tertiary/aromatic N) is 2. The van der Waals surface area contributed by atoms with Gasteiger partial charge in [-0.25, -0.2) is 9.97 Å². The minimum absolute atomic E-state index is 0.138. The molecule has 2 aromatic heterocycles. The lowest BCUT2D eigenvalue weighted by atomic mass is 10.2. The van der Waals surface area contributed by atoms with Gasteiger partial charge in [-0.3, -0.25) is 4.79 Å². The first-order valence-electron chi connectivity index (χ1n) is 7.72. The summed E-state index contributed by atoms with van der Waals surface area (Å²) >= 11 is 7.38. The molecule has 1 unspecified atom stereocenters. The fourth-order valence-corrected chi connectivity index (χ4v) is 3.41. The van der Waals surface area contributed by atoms with Crippen molar-refractivity contribution in [1.29, 1.82) is 0 Å². The van der Waals surface area contributed by atoms with Crippen molar-refractivity contribution < 1.29 is 9.53 Å². The summed E-state index contributed by atoms with van der Waals surface area (Å²) in [6, 6.07) is 8.84. The largest absolute Gasteiger partial charge is 0.495 e. The molecule has 0 aliphatic rings. The molecule has 0 radical (unpaired) electrons. The molecule has 0 fully saturated rings. The zero-order chi connectivity index (χ0) is 17.8. The topological polar surface area (TPSA) is 79.9 Å². The number of aromatic amines is 1. The van der Waals surface area contributed by atoms with Gasteiger partial charge in [0.15, 0.2) is 10.8 Å². The second-order valence-corrected chi connectivity index (χ2v) is 6.89. The number of carbonyl (C=O) groups excluding carboxylic acids is 1. The number of nitrogens with one attached hydrogen (secondary N) is 2. The first-order valence-corrected chi connectivity index (χ1v) is 8.98. The van der Waals surface area contributed by atoms with Crippen molar-refractivity contribution in [2.45, 2.75) is 23.8 Å². The van der Waals surface area contributed by atoms with Crippen LogP contribution in [0.5, 0.6) is 5.75 Å². The van der Waals surface area contributed by atoms with Crippen LogP contribution in [0, 0.1) is 0 Å². The molecule has 1 atom stereocenters. The lowest BCUT2D eigenvalue weighted by Gasteiger charge is -2.15. The predicted molar refractivity (Wildman–Crippen MR) is 100 cm³/mol. The van der Waals surface area contributed by atoms with E-state index in [-0.39, 0.29) is 11.2 Å². The number of hydrogen-bond acceptors (Lipinski definition) is 5. The normalized spacial score (nSPS) is 12.1. The van der Waals surface area contributed by atoms with Gasteiger partial charge in [0, 0.05) is 11.2 Å². The highest BCUT2D eigenvalue weighted by molar-refractivity contribution is 8.00. The summed E-state index contributed by atoms with van der Waals surface area (Å²) in [4.78, 5) is 24.4. The number of thioether (sulfide) groups is 1. The summed E-state index contributed by atoms with van der Waals surface area (Å²) in [5.41, 5.74) is 2.03. The molecule has 3 aromatic rings. The summed E-state index contributed by atoms with van der Waals surface area (Å²) in [7, 11) is 1.55. The van der Waals surface area contributed by atoms with E-state index in [4.69, 9.17) is 16.3 Å². The molecule has 130 valence electrons. The standard InChI is InChI=1S/C17H17ClN4O2S/c1-3-14(25-17-21-11-5-4-8-19-15(11)22-17)16(23)20-12-9-10(18)6-7-13(12)24-2/h4-9,14H,3H2,1-2H3,(H,20,23)(H,19,21,22). The van der Waals surface area contributed by atoms with Crippen molar-refractivity contribution in [2.24, 2.45) is 0 Å². The molecule has 1 aromatic carbocycles. The number of fused-ring (bicyclic) bond motifs is 1. The molecule has 0 bridgehead atoms. The molecule has 1 amide bonds. The average molecular weight is 377 g/mol. The second kappa shape index (κ2) is 7.76. The quantitative estimate of drug-likeness (QED) is 0.632. The van der Waals surface area contributed by atoms with E-state index in [9.17, 15) is 4.79 Å². The van der Waals surface area contributed by atoms with Gasteiger partial charge in [-0.05, 0) is 36.8 Å². The van der Waals surface area contributed by atoms with Crippen LogP contribution < -0.4 is 10.1 Å². The summed E-state index contributed by atoms with van der Waals surface area (Å²) in [6.07, 6.45) is 2.33. The molecule has 0 spiro atoms. The number of hydrogen-bond donors (Lipinski definition) is 2. The van der Waals surface area contributed by atoms with Crippen molar-refractivity contribution in [1.82, 2.24) is 15.0 Å². The Balaban J connectivity index is 1.76. The maximum absolute atomic E-state index is 12.7. The van der Waals surface area contributed by atoms with Crippen molar-refractivity contribution in [3.8, 4) is 5.75 Å². The number of imidazole rings is 1. The third-order valence-electron chi connectivity index (χ3n) is 3.57. The van der Waals surface area contributed by atoms with Crippen LogP contribution in [0.3, 0.4) is 0 Å². The Morgan fingerprint density at radius 1 is 1.44 bits per heavy atom. The highest BCUT2D eigenvalue weighted by atomic mass is 35.5. The molecule has 0 aliphatic carbocycles. The third-order valence-corrected chi connectivity index (χ3v) is 5.06. The second-order valence-electron chi connectivity index (χ2n) is 5.27. The van der Waals surface area contributed by atoms with Gasteiger partial charge in [0.2, 0.25) is 5.91 Å². The van der Waals surface area contributed by atoms with Crippen LogP contribution in [-0.4, -0.2) is 33.2 Å². The Hall–Kier alpha value is -2.25. The molecule has 0 saturated carbocycles. The number of carbonyl (C=O) groups is 1. The van der Waals surface area contributed by atoms with E-state index in [0.29, 0.717) is 33.7 Å². The molecule has 2 N–H and O–H groups in total. The first-order chi connectivity index (χ1) is 12.1. The molecular weight excluding hydrogens is 360 g/mol. The maximum atomic E-state index is 12.7. The number of H-pyrrole nitrogens is 1. The van der Waals surface area contributed by atoms with Gasteiger partial charge in [-0.1, -0.05) is 30.3 Å². The van der Waals surface area contributed by atoms with Crippen molar-refractivity contribution in [3.63, 3.8) is 0 Å². The number of ether oxygens (including phenoxy) is 1. The van der Waals surface area contributed by atoms with E-state index < -0.39 is 0 Å². The van der Waals surface area contributed by atoms with Gasteiger partial charge < -0.3 is 15.0 Å². The highest BCUT2D eigenvalue weighted by Gasteiger charge is 2.21. The van der Waals surface area contributed by atoms with Crippen molar-refractivity contribution >= 4 is 46.1 Å². The van der Waals surface area contributed by atoms with Gasteiger partial charge in [0.05, 0.1) is 23.6 Å². The fourth-order valence-electron chi connectivity index (χ4n) is 2.33. The average Bonchev–Trinajstić information content (AvgIpc) is 3.02. The van der Waals surface area contributed by atoms with Gasteiger partial charge in [-0.2, -0.15) is 0 Å². The number of halogens is 1. The molecule has 3 rings (SSSR count). The van der Waals surface area contributed by atoms with E-state index >= 15 is 0 Å². The smallest absolute Gasteiger partial charge is 0.238 e. The van der Waals surface area contributed by atoms with E-state index in [0.717, 1.165) is 5.52 Å². The van der Waals surface area contributed by atoms with Crippen LogP contribution in [-0.2, 0) is 4.79 Å². The number of anilines is 1. The van der Waals surface area contributed by atoms with Crippen LogP contribution in [0.1, 0.15) is 13.3 Å². The lowest BCUT2D eigenvalue weighted by molar-refractivity contribution is -0.115. The number of amides is 1. The predicted octanol–water partition coefficient (Wildman–Crippen LogP) is 4.13. The number of aromatic nitrogens is 3. The van der Waals surface area contributed by atoms with Gasteiger partial charge in [0.1, 0.15) is 5.75 Å². The Kier molecular flexibility index (Phi) is 5.45. The maximum Gasteiger partial charge on any atom is 0.238 e. The number of rotatable bonds is 6. The van der Waals surface area contributed by atoms with Crippen molar-refractivity contribution in [3.05, 3.63) is 41.6 Å². The molecular formula is C17H17ClN4O2S. The fraction of sp³-hybridized carbons (Fsp3) is 0.235. The molecule has 8 heteroatoms. The van der Waals surface area contributed by atoms with E-state index in [1.165, 1.54) is 11.8 Å². The van der Waals surface area contributed by atoms with Crippen LogP contribution in [0.2, 0.25) is 5.02 Å². The zero-order valence-corrected chi connectivity index (χ0v) is 15.3. The van der Waals surface area contributed by atoms with Crippen LogP contribution in [0.4, 0.5) is 5.69 Å². The lowest BCUT2D eigenvalue weighted by Crippen LogP contribution is -2.25. The van der Waals surface area contributed by atoms with E-state index in [1.807, 2.05) is 19.1 Å². The Morgan fingerprint density at radius 3 is 3.00 bits per heavy atom. The minimum atomic E-state index is -0.316. The number of benzene rings is 1. The van der Waals surface area contributed by atoms with Crippen LogP contribution in [0.25, 0.3) is 11.2 Å². The van der Waals surface area contributed by atoms with Gasteiger partial charge in [-0.15, -0.1) is 0 Å². The SMILES string of the molecule is CCC(Sc1nc2ncccc2[nH]1)C(=O)Nc1cc(Cl)ccc1OC.